The summed E-state index contributed by atoms with van der Waals surface area (Å²) in [6.45, 7) is 6.76. The van der Waals surface area contributed by atoms with E-state index in [1.807, 2.05) is 0 Å². The number of nitrogens with one attached hydrogen (secondary N) is 1. The van der Waals surface area contributed by atoms with Crippen molar-refractivity contribution in [3.05, 3.63) is 16.8 Å². The fourth-order valence-corrected chi connectivity index (χ4v) is 1.54. The molecule has 0 radical (unpaired) electrons. The third kappa shape index (κ3) is 2.26. The van der Waals surface area contributed by atoms with E-state index in [9.17, 15) is 9.59 Å². The van der Waals surface area contributed by atoms with Gasteiger partial charge in [-0.25, -0.2) is 0 Å². The van der Waals surface area contributed by atoms with Crippen molar-refractivity contribution in [3.8, 4) is 5.88 Å². The summed E-state index contributed by atoms with van der Waals surface area (Å²) in [7, 11) is 0. The average molecular weight is 209 g/mol. The summed E-state index contributed by atoms with van der Waals surface area (Å²) in [5, 5.41) is 0. The lowest BCUT2D eigenvalue weighted by atomic mass is 10.1. The first-order chi connectivity index (χ1) is 6.97. The molecule has 0 aliphatic rings. The molecule has 4 nitrogen and oxygen atoms in total. The molecule has 82 valence electrons. The standard InChI is InChI=1S/C11H15NO3/c1-5-9(14)15-11-6(2)10(8(4)13)7(3)12-11/h12H,5H2,1-4H3. The second kappa shape index (κ2) is 4.29. The zero-order chi connectivity index (χ0) is 11.6. The largest absolute Gasteiger partial charge is 0.409 e. The number of ketones is 1. The van der Waals surface area contributed by atoms with Gasteiger partial charge in [-0.15, -0.1) is 0 Å². The summed E-state index contributed by atoms with van der Waals surface area (Å²) in [6.07, 6.45) is 0.312. The Morgan fingerprint density at radius 2 is 1.93 bits per heavy atom. The molecule has 0 aliphatic heterocycles. The number of rotatable bonds is 3. The number of aromatic amines is 1. The topological polar surface area (TPSA) is 59.2 Å². The first-order valence-electron chi connectivity index (χ1n) is 4.88. The highest BCUT2D eigenvalue weighted by Gasteiger charge is 2.17. The predicted octanol–water partition coefficient (Wildman–Crippen LogP) is 2.15. The van der Waals surface area contributed by atoms with Gasteiger partial charge in [0.2, 0.25) is 5.88 Å². The lowest BCUT2D eigenvalue weighted by Gasteiger charge is -2.00. The van der Waals surface area contributed by atoms with Crippen LogP contribution in [-0.2, 0) is 4.79 Å². The van der Waals surface area contributed by atoms with Crippen LogP contribution in [-0.4, -0.2) is 16.7 Å². The van der Waals surface area contributed by atoms with E-state index >= 15 is 0 Å². The van der Waals surface area contributed by atoms with E-state index < -0.39 is 0 Å². The van der Waals surface area contributed by atoms with Crippen molar-refractivity contribution in [2.24, 2.45) is 0 Å². The van der Waals surface area contributed by atoms with Crippen LogP contribution in [0.2, 0.25) is 0 Å². The zero-order valence-electron chi connectivity index (χ0n) is 9.43. The second-order valence-electron chi connectivity index (χ2n) is 3.46. The highest BCUT2D eigenvalue weighted by atomic mass is 16.5. The number of hydrogen-bond acceptors (Lipinski definition) is 3. The number of aryl methyl sites for hydroxylation is 1. The van der Waals surface area contributed by atoms with E-state index in [4.69, 9.17) is 4.74 Å². The molecular formula is C11H15NO3. The van der Waals surface area contributed by atoms with Crippen molar-refractivity contribution in [2.75, 3.05) is 0 Å². The monoisotopic (exact) mass is 209 g/mol. The minimum atomic E-state index is -0.311. The Labute approximate surface area is 88.6 Å². The van der Waals surface area contributed by atoms with Gasteiger partial charge in [0.15, 0.2) is 5.78 Å². The Kier molecular flexibility index (Phi) is 3.29. The first kappa shape index (κ1) is 11.5. The molecular weight excluding hydrogens is 194 g/mol. The second-order valence-corrected chi connectivity index (χ2v) is 3.46. The molecule has 0 fully saturated rings. The van der Waals surface area contributed by atoms with Crippen LogP contribution in [0.25, 0.3) is 0 Å². The summed E-state index contributed by atoms with van der Waals surface area (Å²) >= 11 is 0. The Morgan fingerprint density at radius 1 is 1.33 bits per heavy atom. The number of ether oxygens (including phenoxy) is 1. The van der Waals surface area contributed by atoms with E-state index in [0.717, 1.165) is 5.69 Å². The number of Topliss-reactive ketones (excluding diaryl/α,β-unsaturated/α-hetero) is 1. The van der Waals surface area contributed by atoms with Gasteiger partial charge in [0.1, 0.15) is 0 Å². The van der Waals surface area contributed by atoms with Gasteiger partial charge in [-0.1, -0.05) is 6.92 Å². The van der Waals surface area contributed by atoms with Crippen LogP contribution >= 0.6 is 0 Å². The Balaban J connectivity index is 3.07. The van der Waals surface area contributed by atoms with Crippen LogP contribution in [0, 0.1) is 13.8 Å². The molecule has 0 saturated carbocycles. The minimum Gasteiger partial charge on any atom is -0.409 e. The summed E-state index contributed by atoms with van der Waals surface area (Å²) < 4.78 is 5.06. The summed E-state index contributed by atoms with van der Waals surface area (Å²) in [5.41, 5.74) is 2.04. The minimum absolute atomic E-state index is 0.0277. The Morgan fingerprint density at radius 3 is 2.33 bits per heavy atom. The third-order valence-electron chi connectivity index (χ3n) is 2.25. The average Bonchev–Trinajstić information content (AvgIpc) is 2.41. The lowest BCUT2D eigenvalue weighted by Crippen LogP contribution is -2.06. The van der Waals surface area contributed by atoms with Crippen LogP contribution in [0.4, 0.5) is 0 Å². The van der Waals surface area contributed by atoms with Crippen LogP contribution in [0.3, 0.4) is 0 Å². The first-order valence-corrected chi connectivity index (χ1v) is 4.88. The molecule has 0 atom stereocenters. The van der Waals surface area contributed by atoms with Gasteiger partial charge in [0, 0.05) is 23.2 Å². The molecule has 0 saturated heterocycles. The van der Waals surface area contributed by atoms with E-state index in [2.05, 4.69) is 4.98 Å². The number of hydrogen-bond donors (Lipinski definition) is 1. The quantitative estimate of drug-likeness (QED) is 0.613. The fourth-order valence-electron chi connectivity index (χ4n) is 1.54. The summed E-state index contributed by atoms with van der Waals surface area (Å²) in [5.74, 6) is 0.0408. The molecule has 1 aromatic rings. The van der Waals surface area contributed by atoms with Crippen molar-refractivity contribution in [1.82, 2.24) is 4.98 Å². The van der Waals surface area contributed by atoms with E-state index in [0.29, 0.717) is 23.4 Å². The van der Waals surface area contributed by atoms with Crippen molar-refractivity contribution < 1.29 is 14.3 Å². The number of esters is 1. The molecule has 4 heteroatoms. The predicted molar refractivity (Wildman–Crippen MR) is 56.2 cm³/mol. The maximum atomic E-state index is 11.3. The summed E-state index contributed by atoms with van der Waals surface area (Å²) in [6, 6.07) is 0. The van der Waals surface area contributed by atoms with Gasteiger partial charge in [0.05, 0.1) is 0 Å². The van der Waals surface area contributed by atoms with Gasteiger partial charge < -0.3 is 9.72 Å². The van der Waals surface area contributed by atoms with Gasteiger partial charge in [-0.2, -0.15) is 0 Å². The van der Waals surface area contributed by atoms with Crippen molar-refractivity contribution >= 4 is 11.8 Å². The van der Waals surface area contributed by atoms with Gasteiger partial charge >= 0.3 is 5.97 Å². The Hall–Kier alpha value is -1.58. The maximum absolute atomic E-state index is 11.3. The third-order valence-corrected chi connectivity index (χ3v) is 2.25. The molecule has 0 aromatic carbocycles. The molecule has 1 N–H and O–H groups in total. The number of aromatic nitrogens is 1. The Bertz CT molecular complexity index is 404. The molecule has 0 spiro atoms. The molecule has 0 bridgehead atoms. The molecule has 0 aliphatic carbocycles. The number of H-pyrrole nitrogens is 1. The number of carbonyl (C=O) groups is 2. The van der Waals surface area contributed by atoms with E-state index in [1.165, 1.54) is 6.92 Å². The van der Waals surface area contributed by atoms with Crippen molar-refractivity contribution in [1.29, 1.82) is 0 Å². The van der Waals surface area contributed by atoms with Crippen LogP contribution in [0.1, 0.15) is 41.9 Å². The van der Waals surface area contributed by atoms with Crippen molar-refractivity contribution in [2.45, 2.75) is 34.1 Å². The number of carbonyl (C=O) groups excluding carboxylic acids is 2. The van der Waals surface area contributed by atoms with Gasteiger partial charge in [-0.05, 0) is 20.8 Å². The molecule has 1 aromatic heterocycles. The van der Waals surface area contributed by atoms with Gasteiger partial charge in [-0.3, -0.25) is 9.59 Å². The molecule has 1 heterocycles. The van der Waals surface area contributed by atoms with Crippen LogP contribution in [0.15, 0.2) is 0 Å². The maximum Gasteiger partial charge on any atom is 0.312 e. The highest BCUT2D eigenvalue weighted by Crippen LogP contribution is 2.24. The zero-order valence-corrected chi connectivity index (χ0v) is 9.43. The molecule has 0 unspecified atom stereocenters. The van der Waals surface area contributed by atoms with Crippen LogP contribution in [0.5, 0.6) is 5.88 Å². The van der Waals surface area contributed by atoms with Crippen molar-refractivity contribution in [3.63, 3.8) is 0 Å². The van der Waals surface area contributed by atoms with E-state index in [-0.39, 0.29) is 11.8 Å². The van der Waals surface area contributed by atoms with Crippen LogP contribution < -0.4 is 4.74 Å². The molecule has 0 amide bonds. The highest BCUT2D eigenvalue weighted by molar-refractivity contribution is 5.97. The lowest BCUT2D eigenvalue weighted by molar-refractivity contribution is -0.134. The summed E-state index contributed by atoms with van der Waals surface area (Å²) in [4.78, 5) is 25.3. The van der Waals surface area contributed by atoms with Gasteiger partial charge in [0.25, 0.3) is 0 Å². The smallest absolute Gasteiger partial charge is 0.312 e. The molecule has 15 heavy (non-hydrogen) atoms. The fraction of sp³-hybridized carbons (Fsp3) is 0.455. The van der Waals surface area contributed by atoms with E-state index in [1.54, 1.807) is 20.8 Å². The normalized spacial score (nSPS) is 10.1. The SMILES string of the molecule is CCC(=O)Oc1[nH]c(C)c(C(C)=O)c1C. The molecule has 1 rings (SSSR count).